The maximum atomic E-state index is 14.3. The standard InChI is InChI=1S/C25H33F5O/c1-2-3-4-15-5-6-17-12-18(8-7-16(17)11-15)20-9-10-21-22(13-19(26)14-23(21)27)24(20)31-25(28,29)30/h13-18,20,24H,2-12H2,1H3. The van der Waals surface area contributed by atoms with E-state index in [1.54, 1.807) is 0 Å². The lowest BCUT2D eigenvalue weighted by atomic mass is 9.60. The van der Waals surface area contributed by atoms with Crippen LogP contribution >= 0.6 is 0 Å². The second-order valence-corrected chi connectivity index (χ2v) is 10.1. The summed E-state index contributed by atoms with van der Waals surface area (Å²) in [6, 6.07) is 1.80. The summed E-state index contributed by atoms with van der Waals surface area (Å²) in [5.41, 5.74) is 0.230. The average Bonchev–Trinajstić information content (AvgIpc) is 2.71. The van der Waals surface area contributed by atoms with Crippen LogP contribution in [0, 0.1) is 41.2 Å². The van der Waals surface area contributed by atoms with Crippen LogP contribution in [-0.4, -0.2) is 6.36 Å². The molecule has 0 saturated heterocycles. The molecular weight excluding hydrogens is 411 g/mol. The number of alkyl halides is 3. The smallest absolute Gasteiger partial charge is 0.283 e. The Hall–Kier alpha value is -1.17. The van der Waals surface area contributed by atoms with Crippen LogP contribution in [0.25, 0.3) is 0 Å². The highest BCUT2D eigenvalue weighted by Gasteiger charge is 2.46. The highest BCUT2D eigenvalue weighted by molar-refractivity contribution is 5.34. The molecule has 3 aliphatic rings. The Morgan fingerprint density at radius 2 is 1.65 bits per heavy atom. The molecule has 0 spiro atoms. The Balaban J connectivity index is 1.51. The monoisotopic (exact) mass is 444 g/mol. The molecule has 0 N–H and O–H groups in total. The van der Waals surface area contributed by atoms with Gasteiger partial charge in [0.1, 0.15) is 11.6 Å². The fraction of sp³-hybridized carbons (Fsp3) is 0.760. The minimum Gasteiger partial charge on any atom is -0.283 e. The number of fused-ring (bicyclic) bond motifs is 2. The van der Waals surface area contributed by atoms with Gasteiger partial charge in [-0.2, -0.15) is 0 Å². The highest BCUT2D eigenvalue weighted by Crippen LogP contribution is 2.53. The summed E-state index contributed by atoms with van der Waals surface area (Å²) in [6.45, 7) is 2.22. The van der Waals surface area contributed by atoms with Gasteiger partial charge in [-0.25, -0.2) is 8.78 Å². The number of hydrogen-bond acceptors (Lipinski definition) is 1. The van der Waals surface area contributed by atoms with Crippen molar-refractivity contribution in [2.24, 2.45) is 29.6 Å². The predicted octanol–water partition coefficient (Wildman–Crippen LogP) is 8.13. The molecule has 0 radical (unpaired) electrons. The first kappa shape index (κ1) is 23.0. The van der Waals surface area contributed by atoms with Gasteiger partial charge in [0.25, 0.3) is 0 Å². The lowest BCUT2D eigenvalue weighted by Crippen LogP contribution is -2.38. The Kier molecular flexibility index (Phi) is 6.95. The molecule has 6 unspecified atom stereocenters. The van der Waals surface area contributed by atoms with Crippen LogP contribution in [0.2, 0.25) is 0 Å². The van der Waals surface area contributed by atoms with Crippen LogP contribution in [0.5, 0.6) is 0 Å². The van der Waals surface area contributed by atoms with E-state index in [4.69, 9.17) is 0 Å². The number of ether oxygens (including phenoxy) is 1. The van der Waals surface area contributed by atoms with E-state index >= 15 is 0 Å². The third-order valence-electron chi connectivity index (χ3n) is 8.21. The number of halogens is 5. The lowest BCUT2D eigenvalue weighted by Gasteiger charge is -2.46. The van der Waals surface area contributed by atoms with Crippen LogP contribution in [0.1, 0.15) is 88.4 Å². The first-order chi connectivity index (χ1) is 14.7. The minimum atomic E-state index is -4.84. The van der Waals surface area contributed by atoms with Gasteiger partial charge in [-0.3, -0.25) is 4.74 Å². The van der Waals surface area contributed by atoms with Gasteiger partial charge in [-0.15, -0.1) is 13.2 Å². The number of benzene rings is 1. The SMILES string of the molecule is CCCCC1CCC2CC(C3CCc4c(F)cc(F)cc4C3OC(F)(F)F)CCC2C1. The maximum absolute atomic E-state index is 14.3. The van der Waals surface area contributed by atoms with Crippen molar-refractivity contribution >= 4 is 0 Å². The zero-order valence-corrected chi connectivity index (χ0v) is 18.2. The van der Waals surface area contributed by atoms with E-state index < -0.39 is 24.1 Å². The Morgan fingerprint density at radius 1 is 0.935 bits per heavy atom. The van der Waals surface area contributed by atoms with E-state index in [0.717, 1.165) is 43.7 Å². The van der Waals surface area contributed by atoms with Crippen molar-refractivity contribution in [3.05, 3.63) is 34.9 Å². The van der Waals surface area contributed by atoms with Gasteiger partial charge in [0.05, 0.1) is 6.10 Å². The van der Waals surface area contributed by atoms with Crippen LogP contribution in [0.3, 0.4) is 0 Å². The first-order valence-corrected chi connectivity index (χ1v) is 12.0. The minimum absolute atomic E-state index is 0.0523. The van der Waals surface area contributed by atoms with Crippen LogP contribution < -0.4 is 0 Å². The quantitative estimate of drug-likeness (QED) is 0.417. The first-order valence-electron chi connectivity index (χ1n) is 12.0. The third kappa shape index (κ3) is 5.26. The molecule has 1 aromatic carbocycles. The van der Waals surface area contributed by atoms with Crippen LogP contribution in [0.15, 0.2) is 12.1 Å². The van der Waals surface area contributed by atoms with Crippen LogP contribution in [-0.2, 0) is 11.2 Å². The Morgan fingerprint density at radius 3 is 2.39 bits per heavy atom. The highest BCUT2D eigenvalue weighted by atomic mass is 19.4. The molecule has 0 aliphatic heterocycles. The van der Waals surface area contributed by atoms with Crippen LogP contribution in [0.4, 0.5) is 22.0 Å². The van der Waals surface area contributed by atoms with Crippen molar-refractivity contribution in [1.82, 2.24) is 0 Å². The van der Waals surface area contributed by atoms with Crippen molar-refractivity contribution in [3.8, 4) is 0 Å². The molecule has 0 amide bonds. The van der Waals surface area contributed by atoms with Gasteiger partial charge in [0.15, 0.2) is 0 Å². The summed E-state index contributed by atoms with van der Waals surface area (Å²) in [6.07, 6.45) is 4.91. The zero-order valence-electron chi connectivity index (χ0n) is 18.2. The van der Waals surface area contributed by atoms with Gasteiger partial charge in [-0.1, -0.05) is 32.6 Å². The topological polar surface area (TPSA) is 9.23 Å². The van der Waals surface area contributed by atoms with E-state index in [-0.39, 0.29) is 23.0 Å². The van der Waals surface area contributed by atoms with E-state index in [0.29, 0.717) is 24.7 Å². The summed E-state index contributed by atoms with van der Waals surface area (Å²) in [7, 11) is 0. The van der Waals surface area contributed by atoms with Crippen molar-refractivity contribution < 1.29 is 26.7 Å². The fourth-order valence-corrected chi connectivity index (χ4v) is 6.78. The van der Waals surface area contributed by atoms with Gasteiger partial charge in [0, 0.05) is 6.07 Å². The molecule has 174 valence electrons. The molecule has 31 heavy (non-hydrogen) atoms. The van der Waals surface area contributed by atoms with E-state index in [1.165, 1.54) is 32.1 Å². The maximum Gasteiger partial charge on any atom is 0.523 e. The zero-order chi connectivity index (χ0) is 22.2. The van der Waals surface area contributed by atoms with Gasteiger partial charge < -0.3 is 0 Å². The Bertz CT molecular complexity index is 761. The average molecular weight is 445 g/mol. The van der Waals surface area contributed by atoms with Gasteiger partial charge in [0.2, 0.25) is 0 Å². The van der Waals surface area contributed by atoms with E-state index in [2.05, 4.69) is 11.7 Å². The number of unbranched alkanes of at least 4 members (excludes halogenated alkanes) is 1. The van der Waals surface area contributed by atoms with Crippen molar-refractivity contribution in [3.63, 3.8) is 0 Å². The van der Waals surface area contributed by atoms with Crippen molar-refractivity contribution in [2.75, 3.05) is 0 Å². The molecule has 0 bridgehead atoms. The second kappa shape index (κ2) is 9.36. The lowest BCUT2D eigenvalue weighted by molar-refractivity contribution is -0.354. The molecule has 0 aromatic heterocycles. The van der Waals surface area contributed by atoms with E-state index in [1.807, 2.05) is 0 Å². The molecule has 4 rings (SSSR count). The molecule has 1 nitrogen and oxygen atoms in total. The normalized spacial score (nSPS) is 33.6. The largest absolute Gasteiger partial charge is 0.523 e. The Labute approximate surface area is 181 Å². The predicted molar refractivity (Wildman–Crippen MR) is 109 cm³/mol. The fourth-order valence-electron chi connectivity index (χ4n) is 6.78. The molecule has 2 fully saturated rings. The molecule has 2 saturated carbocycles. The summed E-state index contributed by atoms with van der Waals surface area (Å²) < 4.78 is 72.6. The van der Waals surface area contributed by atoms with Crippen molar-refractivity contribution in [2.45, 2.75) is 90.0 Å². The molecule has 0 heterocycles. The van der Waals surface area contributed by atoms with E-state index in [9.17, 15) is 22.0 Å². The summed E-state index contributed by atoms with van der Waals surface area (Å²) in [5.74, 6) is 0.189. The number of hydrogen-bond donors (Lipinski definition) is 0. The molecular formula is C25H33F5O. The third-order valence-corrected chi connectivity index (χ3v) is 8.21. The molecule has 3 aliphatic carbocycles. The summed E-state index contributed by atoms with van der Waals surface area (Å²) in [5, 5.41) is 0. The molecule has 1 aromatic rings. The number of rotatable bonds is 5. The van der Waals surface area contributed by atoms with Crippen molar-refractivity contribution in [1.29, 1.82) is 0 Å². The summed E-state index contributed by atoms with van der Waals surface area (Å²) >= 11 is 0. The summed E-state index contributed by atoms with van der Waals surface area (Å²) in [4.78, 5) is 0. The second-order valence-electron chi connectivity index (χ2n) is 10.1. The van der Waals surface area contributed by atoms with Gasteiger partial charge in [-0.05, 0) is 91.7 Å². The molecule has 6 heteroatoms. The molecule has 6 atom stereocenters. The van der Waals surface area contributed by atoms with Gasteiger partial charge >= 0.3 is 6.36 Å².